The Balaban J connectivity index is 0.000000217. The van der Waals surface area contributed by atoms with Crippen molar-refractivity contribution >= 4 is 5.91 Å². The molecule has 0 aromatic rings. The molecule has 0 aromatic carbocycles. The van der Waals surface area contributed by atoms with E-state index in [9.17, 15) is 4.79 Å². The minimum absolute atomic E-state index is 0.245. The number of aliphatic hydroxyl groups is 1. The van der Waals surface area contributed by atoms with Crippen molar-refractivity contribution in [2.75, 3.05) is 13.2 Å². The third-order valence-electron chi connectivity index (χ3n) is 1.73. The molecule has 0 aromatic heterocycles. The summed E-state index contributed by atoms with van der Waals surface area (Å²) in [5.41, 5.74) is 4.65. The molecule has 1 amide bonds. The molecule has 0 saturated carbocycles. The lowest BCUT2D eigenvalue weighted by Crippen LogP contribution is -2.24. The minimum Gasteiger partial charge on any atom is -0.395 e. The first-order valence-electron chi connectivity index (χ1n) is 4.33. The van der Waals surface area contributed by atoms with Gasteiger partial charge in [-0.3, -0.25) is 4.79 Å². The van der Waals surface area contributed by atoms with Gasteiger partial charge < -0.3 is 16.2 Å². The summed E-state index contributed by atoms with van der Waals surface area (Å²) in [6.45, 7) is 3.12. The summed E-state index contributed by atoms with van der Waals surface area (Å²) in [5.74, 6) is -0.245. The van der Waals surface area contributed by atoms with E-state index in [2.05, 4.69) is 11.1 Å². The van der Waals surface area contributed by atoms with Gasteiger partial charge in [-0.2, -0.15) is 0 Å². The van der Waals surface area contributed by atoms with Crippen LogP contribution in [0, 0.1) is 0 Å². The standard InChI is InChI=1S/C5H11NO.C3H7NO/c7-4-5-2-1-3-6-5;1-2-3(4)5/h5-7H,1-4H2;2H2,1H3,(H2,4,5)/t5-;/m0./s1. The monoisotopic (exact) mass is 174 g/mol. The number of rotatable bonds is 2. The molecule has 1 aliphatic heterocycles. The quantitative estimate of drug-likeness (QED) is 0.534. The number of carbonyl (C=O) groups is 1. The summed E-state index contributed by atoms with van der Waals surface area (Å²) in [4.78, 5) is 9.59. The lowest BCUT2D eigenvalue weighted by molar-refractivity contribution is -0.117. The maximum Gasteiger partial charge on any atom is 0.217 e. The van der Waals surface area contributed by atoms with Crippen molar-refractivity contribution in [3.8, 4) is 0 Å². The Morgan fingerprint density at radius 1 is 1.75 bits per heavy atom. The van der Waals surface area contributed by atoms with E-state index in [1.807, 2.05) is 0 Å². The van der Waals surface area contributed by atoms with Gasteiger partial charge in [-0.05, 0) is 19.4 Å². The van der Waals surface area contributed by atoms with E-state index in [1.165, 1.54) is 6.42 Å². The molecular formula is C8H18N2O2. The van der Waals surface area contributed by atoms with Crippen LogP contribution in [-0.4, -0.2) is 30.2 Å². The highest BCUT2D eigenvalue weighted by molar-refractivity contribution is 5.73. The van der Waals surface area contributed by atoms with E-state index in [0.717, 1.165) is 13.0 Å². The minimum atomic E-state index is -0.245. The maximum atomic E-state index is 9.59. The first kappa shape index (κ1) is 11.4. The van der Waals surface area contributed by atoms with E-state index >= 15 is 0 Å². The van der Waals surface area contributed by atoms with Crippen molar-refractivity contribution in [2.24, 2.45) is 5.73 Å². The SMILES string of the molecule is CCC(N)=O.OC[C@@H]1CCCN1. The first-order chi connectivity index (χ1) is 5.70. The number of hydrogen-bond acceptors (Lipinski definition) is 3. The van der Waals surface area contributed by atoms with Crippen LogP contribution in [-0.2, 0) is 4.79 Å². The molecule has 4 nitrogen and oxygen atoms in total. The molecule has 1 fully saturated rings. The molecule has 12 heavy (non-hydrogen) atoms. The number of nitrogens with one attached hydrogen (secondary N) is 1. The first-order valence-corrected chi connectivity index (χ1v) is 4.33. The van der Waals surface area contributed by atoms with Gasteiger partial charge in [0.1, 0.15) is 0 Å². The van der Waals surface area contributed by atoms with Gasteiger partial charge in [0.15, 0.2) is 0 Å². The van der Waals surface area contributed by atoms with Crippen LogP contribution in [0.2, 0.25) is 0 Å². The Morgan fingerprint density at radius 2 is 2.33 bits per heavy atom. The maximum absolute atomic E-state index is 9.59. The molecule has 1 atom stereocenters. The summed E-state index contributed by atoms with van der Waals surface area (Å²) in [7, 11) is 0. The zero-order valence-corrected chi connectivity index (χ0v) is 7.55. The zero-order chi connectivity index (χ0) is 9.40. The van der Waals surface area contributed by atoms with Crippen LogP contribution in [0.5, 0.6) is 0 Å². The van der Waals surface area contributed by atoms with Gasteiger partial charge in [-0.1, -0.05) is 6.92 Å². The third-order valence-corrected chi connectivity index (χ3v) is 1.73. The molecule has 1 aliphatic rings. The molecule has 0 unspecified atom stereocenters. The van der Waals surface area contributed by atoms with Crippen molar-refractivity contribution in [3.63, 3.8) is 0 Å². The van der Waals surface area contributed by atoms with Gasteiger partial charge in [-0.15, -0.1) is 0 Å². The largest absolute Gasteiger partial charge is 0.395 e. The molecule has 72 valence electrons. The molecule has 0 radical (unpaired) electrons. The Bertz CT molecular complexity index is 122. The average Bonchev–Trinajstić information content (AvgIpc) is 2.57. The van der Waals surface area contributed by atoms with Crippen LogP contribution in [0.1, 0.15) is 26.2 Å². The Morgan fingerprint density at radius 3 is 2.50 bits per heavy atom. The van der Waals surface area contributed by atoms with Crippen LogP contribution in [0.15, 0.2) is 0 Å². The molecular weight excluding hydrogens is 156 g/mol. The summed E-state index contributed by atoms with van der Waals surface area (Å²) >= 11 is 0. The van der Waals surface area contributed by atoms with Gasteiger partial charge in [0.25, 0.3) is 0 Å². The number of primary amides is 1. The molecule has 1 saturated heterocycles. The molecule has 1 heterocycles. The van der Waals surface area contributed by atoms with Crippen LogP contribution in [0.4, 0.5) is 0 Å². The fourth-order valence-electron chi connectivity index (χ4n) is 0.913. The Hall–Kier alpha value is -0.610. The van der Waals surface area contributed by atoms with Crippen LogP contribution in [0.3, 0.4) is 0 Å². The van der Waals surface area contributed by atoms with E-state index in [1.54, 1.807) is 6.92 Å². The van der Waals surface area contributed by atoms with E-state index in [4.69, 9.17) is 5.11 Å². The summed E-state index contributed by atoms with van der Waals surface area (Å²) in [5, 5.41) is 11.7. The average molecular weight is 174 g/mol. The molecule has 4 heteroatoms. The van der Waals surface area contributed by atoms with E-state index in [0.29, 0.717) is 19.1 Å². The van der Waals surface area contributed by atoms with Crippen molar-refractivity contribution < 1.29 is 9.90 Å². The van der Waals surface area contributed by atoms with Crippen molar-refractivity contribution in [3.05, 3.63) is 0 Å². The lowest BCUT2D eigenvalue weighted by Gasteiger charge is -2.01. The smallest absolute Gasteiger partial charge is 0.217 e. The Labute approximate surface area is 73.1 Å². The van der Waals surface area contributed by atoms with Crippen molar-refractivity contribution in [1.82, 2.24) is 5.32 Å². The highest BCUT2D eigenvalue weighted by Crippen LogP contribution is 2.02. The molecule has 0 spiro atoms. The van der Waals surface area contributed by atoms with Crippen molar-refractivity contribution in [2.45, 2.75) is 32.2 Å². The van der Waals surface area contributed by atoms with Crippen LogP contribution in [0.25, 0.3) is 0 Å². The summed E-state index contributed by atoms with van der Waals surface area (Å²) in [6, 6.07) is 0.403. The third kappa shape index (κ3) is 6.12. The second-order valence-electron chi connectivity index (χ2n) is 2.80. The van der Waals surface area contributed by atoms with Gasteiger partial charge >= 0.3 is 0 Å². The predicted molar refractivity (Wildman–Crippen MR) is 47.6 cm³/mol. The number of hydrogen-bond donors (Lipinski definition) is 3. The van der Waals surface area contributed by atoms with E-state index < -0.39 is 0 Å². The highest BCUT2D eigenvalue weighted by atomic mass is 16.3. The molecule has 4 N–H and O–H groups in total. The molecule has 0 aliphatic carbocycles. The fourth-order valence-corrected chi connectivity index (χ4v) is 0.913. The van der Waals surface area contributed by atoms with Gasteiger partial charge in [0.2, 0.25) is 5.91 Å². The second kappa shape index (κ2) is 7.06. The fraction of sp³-hybridized carbons (Fsp3) is 0.875. The number of aliphatic hydroxyl groups excluding tert-OH is 1. The van der Waals surface area contributed by atoms with Gasteiger partial charge in [0.05, 0.1) is 6.61 Å². The normalized spacial score (nSPS) is 21.3. The number of amides is 1. The highest BCUT2D eigenvalue weighted by Gasteiger charge is 2.10. The topological polar surface area (TPSA) is 75.4 Å². The second-order valence-corrected chi connectivity index (χ2v) is 2.80. The predicted octanol–water partition coefficient (Wildman–Crippen LogP) is -0.388. The summed E-state index contributed by atoms with van der Waals surface area (Å²) in [6.07, 6.45) is 2.82. The number of nitrogens with two attached hydrogens (primary N) is 1. The molecule has 0 bridgehead atoms. The molecule has 1 rings (SSSR count). The lowest BCUT2D eigenvalue weighted by atomic mass is 10.2. The van der Waals surface area contributed by atoms with Crippen LogP contribution >= 0.6 is 0 Å². The van der Waals surface area contributed by atoms with Crippen molar-refractivity contribution in [1.29, 1.82) is 0 Å². The number of carbonyl (C=O) groups excluding carboxylic acids is 1. The van der Waals surface area contributed by atoms with Gasteiger partial charge in [0, 0.05) is 12.5 Å². The Kier molecular flexibility index (Phi) is 6.70. The summed E-state index contributed by atoms with van der Waals surface area (Å²) < 4.78 is 0. The zero-order valence-electron chi connectivity index (χ0n) is 7.55. The van der Waals surface area contributed by atoms with Crippen LogP contribution < -0.4 is 11.1 Å². The van der Waals surface area contributed by atoms with Gasteiger partial charge in [-0.25, -0.2) is 0 Å². The van der Waals surface area contributed by atoms with E-state index in [-0.39, 0.29) is 5.91 Å².